The quantitative estimate of drug-likeness (QED) is 0.704. The molecule has 0 aliphatic carbocycles. The largest absolute Gasteiger partial charge is 0.496 e. The average molecular weight is 344 g/mol. The molecule has 1 N–H and O–H groups in total. The van der Waals surface area contributed by atoms with Gasteiger partial charge in [-0.1, -0.05) is 26.7 Å². The summed E-state index contributed by atoms with van der Waals surface area (Å²) >= 11 is 3.51. The molecular formula is C16H26BrNO2. The number of halogens is 1. The lowest BCUT2D eigenvalue weighted by atomic mass is 9.99. The minimum absolute atomic E-state index is 0.312. The summed E-state index contributed by atoms with van der Waals surface area (Å²) in [5.74, 6) is 1.75. The Hall–Kier alpha value is -0.740. The van der Waals surface area contributed by atoms with Crippen LogP contribution in [0.15, 0.2) is 16.6 Å². The number of methoxy groups -OCH3 is 2. The molecule has 0 saturated carbocycles. The molecule has 1 unspecified atom stereocenters. The molecule has 1 rings (SSSR count). The van der Waals surface area contributed by atoms with Crippen LogP contribution in [-0.4, -0.2) is 20.8 Å². The molecule has 0 bridgehead atoms. The van der Waals surface area contributed by atoms with Gasteiger partial charge in [0.25, 0.3) is 0 Å². The molecule has 1 aromatic rings. The van der Waals surface area contributed by atoms with Gasteiger partial charge >= 0.3 is 0 Å². The molecule has 0 spiro atoms. The molecule has 0 fully saturated rings. The van der Waals surface area contributed by atoms with E-state index in [9.17, 15) is 0 Å². The lowest BCUT2D eigenvalue weighted by Gasteiger charge is -2.22. The monoisotopic (exact) mass is 343 g/mol. The molecule has 4 heteroatoms. The van der Waals surface area contributed by atoms with Gasteiger partial charge in [0.15, 0.2) is 0 Å². The molecule has 20 heavy (non-hydrogen) atoms. The number of hydrogen-bond acceptors (Lipinski definition) is 3. The lowest BCUT2D eigenvalue weighted by Crippen LogP contribution is -2.22. The van der Waals surface area contributed by atoms with Crippen LogP contribution in [0.25, 0.3) is 0 Å². The Morgan fingerprint density at radius 3 is 2.35 bits per heavy atom. The van der Waals surface area contributed by atoms with E-state index in [-0.39, 0.29) is 0 Å². The predicted octanol–water partition coefficient (Wildman–Crippen LogP) is 4.70. The Bertz CT molecular complexity index is 402. The van der Waals surface area contributed by atoms with Gasteiger partial charge in [-0.15, -0.1) is 0 Å². The zero-order valence-corrected chi connectivity index (χ0v) is 14.5. The Labute approximate surface area is 131 Å². The molecule has 0 aliphatic heterocycles. The first-order valence-electron chi connectivity index (χ1n) is 7.32. The van der Waals surface area contributed by atoms with Gasteiger partial charge in [0.2, 0.25) is 0 Å². The summed E-state index contributed by atoms with van der Waals surface area (Å²) in [6.45, 7) is 5.41. The second-order valence-corrected chi connectivity index (χ2v) is 5.73. The SMILES string of the molecule is CCCCC(NCCC)c1cc(OC)c(Br)cc1OC. The fourth-order valence-electron chi connectivity index (χ4n) is 2.25. The van der Waals surface area contributed by atoms with E-state index in [0.29, 0.717) is 6.04 Å². The van der Waals surface area contributed by atoms with E-state index < -0.39 is 0 Å². The van der Waals surface area contributed by atoms with Crippen molar-refractivity contribution in [3.8, 4) is 11.5 Å². The van der Waals surface area contributed by atoms with E-state index in [2.05, 4.69) is 41.2 Å². The highest BCUT2D eigenvalue weighted by molar-refractivity contribution is 9.10. The van der Waals surface area contributed by atoms with Gasteiger partial charge in [-0.25, -0.2) is 0 Å². The normalized spacial score (nSPS) is 12.2. The zero-order valence-electron chi connectivity index (χ0n) is 13.0. The number of ether oxygens (including phenoxy) is 2. The minimum atomic E-state index is 0.312. The van der Waals surface area contributed by atoms with Crippen LogP contribution in [0.2, 0.25) is 0 Å². The number of unbranched alkanes of at least 4 members (excludes halogenated alkanes) is 1. The number of rotatable bonds is 9. The van der Waals surface area contributed by atoms with Crippen molar-refractivity contribution in [1.82, 2.24) is 5.32 Å². The zero-order chi connectivity index (χ0) is 15.0. The molecule has 0 saturated heterocycles. The van der Waals surface area contributed by atoms with Crippen LogP contribution < -0.4 is 14.8 Å². The van der Waals surface area contributed by atoms with Crippen molar-refractivity contribution >= 4 is 15.9 Å². The number of benzene rings is 1. The topological polar surface area (TPSA) is 30.5 Å². The minimum Gasteiger partial charge on any atom is -0.496 e. The van der Waals surface area contributed by atoms with Gasteiger partial charge in [0.05, 0.1) is 18.7 Å². The van der Waals surface area contributed by atoms with Gasteiger partial charge in [-0.05, 0) is 47.4 Å². The van der Waals surface area contributed by atoms with E-state index in [0.717, 1.165) is 35.4 Å². The summed E-state index contributed by atoms with van der Waals surface area (Å²) in [4.78, 5) is 0. The maximum atomic E-state index is 5.54. The van der Waals surface area contributed by atoms with E-state index in [1.165, 1.54) is 18.4 Å². The fraction of sp³-hybridized carbons (Fsp3) is 0.625. The van der Waals surface area contributed by atoms with E-state index in [1.54, 1.807) is 14.2 Å². The third kappa shape index (κ3) is 4.67. The van der Waals surface area contributed by atoms with Crippen LogP contribution in [0.3, 0.4) is 0 Å². The Kier molecular flexibility index (Phi) is 8.00. The first-order chi connectivity index (χ1) is 9.67. The third-order valence-corrected chi connectivity index (χ3v) is 3.99. The average Bonchev–Trinajstić information content (AvgIpc) is 2.47. The molecule has 1 atom stereocenters. The van der Waals surface area contributed by atoms with Crippen LogP contribution in [0.4, 0.5) is 0 Å². The summed E-state index contributed by atoms with van der Waals surface area (Å²) in [5, 5.41) is 3.62. The first kappa shape index (κ1) is 17.3. The van der Waals surface area contributed by atoms with Crippen molar-refractivity contribution in [2.24, 2.45) is 0 Å². The Morgan fingerprint density at radius 2 is 1.80 bits per heavy atom. The third-order valence-electron chi connectivity index (χ3n) is 3.37. The highest BCUT2D eigenvalue weighted by Crippen LogP contribution is 2.37. The van der Waals surface area contributed by atoms with Gasteiger partial charge in [0, 0.05) is 11.6 Å². The summed E-state index contributed by atoms with van der Waals surface area (Å²) < 4.78 is 11.9. The molecule has 0 amide bonds. The van der Waals surface area contributed by atoms with Gasteiger partial charge in [-0.2, -0.15) is 0 Å². The Balaban J connectivity index is 3.07. The fourth-order valence-corrected chi connectivity index (χ4v) is 2.73. The van der Waals surface area contributed by atoms with Gasteiger partial charge < -0.3 is 14.8 Å². The maximum Gasteiger partial charge on any atom is 0.133 e. The van der Waals surface area contributed by atoms with Gasteiger partial charge in [-0.3, -0.25) is 0 Å². The van der Waals surface area contributed by atoms with E-state index in [4.69, 9.17) is 9.47 Å². The van der Waals surface area contributed by atoms with Gasteiger partial charge in [0.1, 0.15) is 11.5 Å². The second kappa shape index (κ2) is 9.24. The van der Waals surface area contributed by atoms with E-state index >= 15 is 0 Å². The Morgan fingerprint density at radius 1 is 1.10 bits per heavy atom. The summed E-state index contributed by atoms with van der Waals surface area (Å²) in [6.07, 6.45) is 4.62. The molecular weight excluding hydrogens is 318 g/mol. The first-order valence-corrected chi connectivity index (χ1v) is 8.11. The molecule has 0 radical (unpaired) electrons. The molecule has 0 heterocycles. The highest BCUT2D eigenvalue weighted by atomic mass is 79.9. The summed E-state index contributed by atoms with van der Waals surface area (Å²) in [6, 6.07) is 4.37. The second-order valence-electron chi connectivity index (χ2n) is 4.88. The summed E-state index contributed by atoms with van der Waals surface area (Å²) in [5.41, 5.74) is 1.18. The van der Waals surface area contributed by atoms with Crippen LogP contribution in [0.5, 0.6) is 11.5 Å². The predicted molar refractivity (Wildman–Crippen MR) is 87.8 cm³/mol. The van der Waals surface area contributed by atoms with Crippen molar-refractivity contribution in [3.63, 3.8) is 0 Å². The van der Waals surface area contributed by atoms with Crippen molar-refractivity contribution in [3.05, 3.63) is 22.2 Å². The standard InChI is InChI=1S/C16H26BrNO2/c1-5-7-8-14(18-9-6-2)12-10-16(20-4)13(17)11-15(12)19-3/h10-11,14,18H,5-9H2,1-4H3. The smallest absolute Gasteiger partial charge is 0.133 e. The molecule has 1 aromatic carbocycles. The van der Waals surface area contributed by atoms with Crippen molar-refractivity contribution in [2.45, 2.75) is 45.6 Å². The molecule has 0 aliphatic rings. The summed E-state index contributed by atoms with van der Waals surface area (Å²) in [7, 11) is 3.41. The van der Waals surface area contributed by atoms with Crippen LogP contribution in [0.1, 0.15) is 51.1 Å². The molecule has 0 aromatic heterocycles. The van der Waals surface area contributed by atoms with Crippen LogP contribution in [0, 0.1) is 0 Å². The van der Waals surface area contributed by atoms with E-state index in [1.807, 2.05) is 6.07 Å². The van der Waals surface area contributed by atoms with Crippen molar-refractivity contribution in [2.75, 3.05) is 20.8 Å². The molecule has 3 nitrogen and oxygen atoms in total. The molecule has 114 valence electrons. The maximum absolute atomic E-state index is 5.54. The lowest BCUT2D eigenvalue weighted by molar-refractivity contribution is 0.382. The van der Waals surface area contributed by atoms with Crippen LogP contribution >= 0.6 is 15.9 Å². The number of hydrogen-bond donors (Lipinski definition) is 1. The highest BCUT2D eigenvalue weighted by Gasteiger charge is 2.18. The number of nitrogens with one attached hydrogen (secondary N) is 1. The van der Waals surface area contributed by atoms with Crippen molar-refractivity contribution in [1.29, 1.82) is 0 Å². The van der Waals surface area contributed by atoms with Crippen molar-refractivity contribution < 1.29 is 9.47 Å². The van der Waals surface area contributed by atoms with Crippen LogP contribution in [-0.2, 0) is 0 Å².